The Morgan fingerprint density at radius 3 is 1.85 bits per heavy atom. The monoisotopic (exact) mass is 185 g/mol. The van der Waals surface area contributed by atoms with Gasteiger partial charge in [0.05, 0.1) is 0 Å². The van der Waals surface area contributed by atoms with E-state index in [4.69, 9.17) is 0 Å². The quantitative estimate of drug-likeness (QED) is 0.692. The average molecular weight is 185 g/mol. The van der Waals surface area contributed by atoms with Crippen molar-refractivity contribution < 1.29 is 0 Å². The summed E-state index contributed by atoms with van der Waals surface area (Å²) in [6.07, 6.45) is 2.58. The van der Waals surface area contributed by atoms with Crippen LogP contribution in [0.2, 0.25) is 0 Å². The van der Waals surface area contributed by atoms with Crippen molar-refractivity contribution in [1.29, 1.82) is 0 Å². The van der Waals surface area contributed by atoms with Gasteiger partial charge in [-0.15, -0.1) is 0 Å². The minimum Gasteiger partial charge on any atom is -0.313 e. The minimum atomic E-state index is 0.381. The number of hydrogen-bond donors (Lipinski definition) is 1. The molecule has 1 unspecified atom stereocenters. The van der Waals surface area contributed by atoms with Gasteiger partial charge in [-0.05, 0) is 24.8 Å². The molecule has 0 amide bonds. The first kappa shape index (κ1) is 13.0. The fourth-order valence-electron chi connectivity index (χ4n) is 1.23. The van der Waals surface area contributed by atoms with Crippen molar-refractivity contribution >= 4 is 0 Å². The Balaban J connectivity index is 3.75. The Morgan fingerprint density at radius 2 is 1.54 bits per heavy atom. The summed E-state index contributed by atoms with van der Waals surface area (Å²) < 4.78 is 0. The molecule has 0 aliphatic carbocycles. The molecule has 1 nitrogen and oxygen atoms in total. The standard InChI is InChI=1S/C12H27N/c1-7-11(8-2)9-13-10(3)12(4,5)6/h10-11,13H,7-9H2,1-6H3. The van der Waals surface area contributed by atoms with Crippen LogP contribution in [-0.4, -0.2) is 12.6 Å². The summed E-state index contributed by atoms with van der Waals surface area (Å²) in [5, 5.41) is 3.62. The minimum absolute atomic E-state index is 0.381. The summed E-state index contributed by atoms with van der Waals surface area (Å²) in [6, 6.07) is 0.605. The molecule has 0 saturated carbocycles. The van der Waals surface area contributed by atoms with E-state index >= 15 is 0 Å². The van der Waals surface area contributed by atoms with Gasteiger partial charge in [0.15, 0.2) is 0 Å². The number of rotatable bonds is 5. The van der Waals surface area contributed by atoms with Crippen LogP contribution in [-0.2, 0) is 0 Å². The molecular formula is C12H27N. The van der Waals surface area contributed by atoms with E-state index in [9.17, 15) is 0 Å². The molecule has 0 bridgehead atoms. The van der Waals surface area contributed by atoms with Crippen LogP contribution in [0.15, 0.2) is 0 Å². The molecule has 0 heterocycles. The Morgan fingerprint density at radius 1 is 1.08 bits per heavy atom. The van der Waals surface area contributed by atoms with E-state index < -0.39 is 0 Å². The van der Waals surface area contributed by atoms with Crippen LogP contribution in [0.5, 0.6) is 0 Å². The Hall–Kier alpha value is -0.0400. The smallest absolute Gasteiger partial charge is 0.00873 e. The summed E-state index contributed by atoms with van der Waals surface area (Å²) in [7, 11) is 0. The van der Waals surface area contributed by atoms with Crippen LogP contribution in [0.4, 0.5) is 0 Å². The highest BCUT2D eigenvalue weighted by molar-refractivity contribution is 4.76. The maximum absolute atomic E-state index is 3.62. The molecule has 1 atom stereocenters. The third kappa shape index (κ3) is 5.30. The molecule has 0 aliphatic heterocycles. The third-order valence-electron chi connectivity index (χ3n) is 3.17. The molecule has 0 rings (SSSR count). The molecule has 0 aliphatic rings. The highest BCUT2D eigenvalue weighted by atomic mass is 14.9. The molecule has 0 aromatic carbocycles. The molecule has 13 heavy (non-hydrogen) atoms. The maximum Gasteiger partial charge on any atom is 0.00873 e. The van der Waals surface area contributed by atoms with E-state index in [2.05, 4.69) is 46.9 Å². The first-order valence-electron chi connectivity index (χ1n) is 5.65. The molecule has 0 aromatic heterocycles. The fraction of sp³-hybridized carbons (Fsp3) is 1.00. The Bertz CT molecular complexity index is 120. The second kappa shape index (κ2) is 5.64. The highest BCUT2D eigenvalue weighted by Gasteiger charge is 2.19. The molecule has 0 saturated heterocycles. The highest BCUT2D eigenvalue weighted by Crippen LogP contribution is 2.19. The van der Waals surface area contributed by atoms with E-state index in [0.717, 1.165) is 5.92 Å². The number of nitrogens with one attached hydrogen (secondary N) is 1. The van der Waals surface area contributed by atoms with Crippen molar-refractivity contribution in [2.24, 2.45) is 11.3 Å². The van der Waals surface area contributed by atoms with Crippen molar-refractivity contribution in [1.82, 2.24) is 5.32 Å². The molecule has 1 N–H and O–H groups in total. The van der Waals surface area contributed by atoms with Gasteiger partial charge in [0.2, 0.25) is 0 Å². The van der Waals surface area contributed by atoms with Crippen LogP contribution >= 0.6 is 0 Å². The topological polar surface area (TPSA) is 12.0 Å². The second-order valence-corrected chi connectivity index (χ2v) is 5.18. The van der Waals surface area contributed by atoms with Gasteiger partial charge in [0.25, 0.3) is 0 Å². The van der Waals surface area contributed by atoms with Gasteiger partial charge in [0.1, 0.15) is 0 Å². The van der Waals surface area contributed by atoms with Crippen LogP contribution in [0.3, 0.4) is 0 Å². The van der Waals surface area contributed by atoms with E-state index in [0.29, 0.717) is 11.5 Å². The molecule has 0 aromatic rings. The normalized spacial score (nSPS) is 15.0. The fourth-order valence-corrected chi connectivity index (χ4v) is 1.23. The lowest BCUT2D eigenvalue weighted by Crippen LogP contribution is -2.40. The van der Waals surface area contributed by atoms with Gasteiger partial charge in [-0.25, -0.2) is 0 Å². The predicted octanol–water partition coefficient (Wildman–Crippen LogP) is 3.45. The maximum atomic E-state index is 3.62. The van der Waals surface area contributed by atoms with Crippen LogP contribution in [0.25, 0.3) is 0 Å². The van der Waals surface area contributed by atoms with Crippen LogP contribution < -0.4 is 5.32 Å². The summed E-state index contributed by atoms with van der Waals surface area (Å²) in [6.45, 7) is 14.9. The van der Waals surface area contributed by atoms with Gasteiger partial charge < -0.3 is 5.32 Å². The van der Waals surface area contributed by atoms with Crippen molar-refractivity contribution in [3.05, 3.63) is 0 Å². The van der Waals surface area contributed by atoms with Crippen molar-refractivity contribution in [3.63, 3.8) is 0 Å². The van der Waals surface area contributed by atoms with Crippen molar-refractivity contribution in [3.8, 4) is 0 Å². The molecule has 0 radical (unpaired) electrons. The van der Waals surface area contributed by atoms with E-state index in [-0.39, 0.29) is 0 Å². The molecule has 0 fully saturated rings. The lowest BCUT2D eigenvalue weighted by atomic mass is 9.87. The zero-order chi connectivity index (χ0) is 10.5. The van der Waals surface area contributed by atoms with E-state index in [1.807, 2.05) is 0 Å². The van der Waals surface area contributed by atoms with Gasteiger partial charge in [-0.3, -0.25) is 0 Å². The van der Waals surface area contributed by atoms with Crippen LogP contribution in [0.1, 0.15) is 54.4 Å². The van der Waals surface area contributed by atoms with Crippen molar-refractivity contribution in [2.45, 2.75) is 60.4 Å². The summed E-state index contributed by atoms with van der Waals surface area (Å²) in [4.78, 5) is 0. The van der Waals surface area contributed by atoms with Gasteiger partial charge in [-0.1, -0.05) is 47.5 Å². The summed E-state index contributed by atoms with van der Waals surface area (Å²) in [5.41, 5.74) is 0.381. The molecule has 1 heteroatoms. The summed E-state index contributed by atoms with van der Waals surface area (Å²) in [5.74, 6) is 0.852. The third-order valence-corrected chi connectivity index (χ3v) is 3.17. The SMILES string of the molecule is CCC(CC)CNC(C)C(C)(C)C. The Kier molecular flexibility index (Phi) is 5.62. The molecule has 80 valence electrons. The zero-order valence-corrected chi connectivity index (χ0v) is 10.3. The second-order valence-electron chi connectivity index (χ2n) is 5.18. The first-order chi connectivity index (χ1) is 5.91. The van der Waals surface area contributed by atoms with Gasteiger partial charge in [-0.2, -0.15) is 0 Å². The lowest BCUT2D eigenvalue weighted by molar-refractivity contribution is 0.269. The molecule has 0 spiro atoms. The average Bonchev–Trinajstić information content (AvgIpc) is 2.04. The van der Waals surface area contributed by atoms with Crippen LogP contribution in [0, 0.1) is 11.3 Å². The lowest BCUT2D eigenvalue weighted by Gasteiger charge is -2.29. The Labute approximate surface area is 84.3 Å². The van der Waals surface area contributed by atoms with E-state index in [1.54, 1.807) is 0 Å². The van der Waals surface area contributed by atoms with Crippen molar-refractivity contribution in [2.75, 3.05) is 6.54 Å². The van der Waals surface area contributed by atoms with Gasteiger partial charge in [0, 0.05) is 6.04 Å². The molecular weight excluding hydrogens is 158 g/mol. The predicted molar refractivity (Wildman–Crippen MR) is 61.0 cm³/mol. The van der Waals surface area contributed by atoms with Gasteiger partial charge >= 0.3 is 0 Å². The summed E-state index contributed by atoms with van der Waals surface area (Å²) >= 11 is 0. The first-order valence-corrected chi connectivity index (χ1v) is 5.65. The number of hydrogen-bond acceptors (Lipinski definition) is 1. The van der Waals surface area contributed by atoms with E-state index in [1.165, 1.54) is 19.4 Å². The largest absolute Gasteiger partial charge is 0.313 e. The zero-order valence-electron chi connectivity index (χ0n) is 10.3.